The Morgan fingerprint density at radius 2 is 1.36 bits per heavy atom. The molecule has 0 amide bonds. The number of halogens is 1. The highest BCUT2D eigenvalue weighted by Gasteiger charge is 2.43. The minimum absolute atomic E-state index is 0.607. The third-order valence-corrected chi connectivity index (χ3v) is 10.9. The Kier molecular flexibility index (Phi) is 2.35. The lowest BCUT2D eigenvalue weighted by Gasteiger charge is -2.39. The van der Waals surface area contributed by atoms with Gasteiger partial charge in [0.15, 0.2) is 0 Å². The normalized spacial score (nSPS) is 50.6. The van der Waals surface area contributed by atoms with E-state index in [9.17, 15) is 4.57 Å². The number of hydrogen-bond donors (Lipinski definition) is 0. The maximum absolute atomic E-state index is 12.2. The van der Waals surface area contributed by atoms with Crippen LogP contribution in [0.4, 0.5) is 0 Å². The Morgan fingerprint density at radius 3 is 1.64 bits per heavy atom. The molecule has 0 radical (unpaired) electrons. The van der Waals surface area contributed by atoms with E-state index in [-0.39, 0.29) is 0 Å². The quantitative estimate of drug-likeness (QED) is 0.488. The standard InChI is InChI=1S/C8H14IOP/c9-11(10)7-3-1-4-8(11)6-2-5-7/h7-8H,1-6H2. The van der Waals surface area contributed by atoms with Gasteiger partial charge in [0.1, 0.15) is 4.78 Å². The van der Waals surface area contributed by atoms with Gasteiger partial charge in [-0.15, -0.1) is 0 Å². The van der Waals surface area contributed by atoms with Crippen LogP contribution in [0.15, 0.2) is 0 Å². The van der Waals surface area contributed by atoms with Gasteiger partial charge in [-0.1, -0.05) is 12.8 Å². The van der Waals surface area contributed by atoms with E-state index < -0.39 is 4.78 Å². The topological polar surface area (TPSA) is 17.1 Å². The molecule has 11 heavy (non-hydrogen) atoms. The second-order valence-corrected chi connectivity index (χ2v) is 11.0. The second kappa shape index (κ2) is 3.02. The van der Waals surface area contributed by atoms with Crippen LogP contribution in [0.5, 0.6) is 0 Å². The average Bonchev–Trinajstić information content (AvgIpc) is 1.82. The van der Waals surface area contributed by atoms with Crippen LogP contribution in [-0.2, 0) is 4.57 Å². The Balaban J connectivity index is 2.24. The minimum Gasteiger partial charge on any atom is -0.312 e. The molecule has 0 aromatic carbocycles. The summed E-state index contributed by atoms with van der Waals surface area (Å²) in [6.45, 7) is 0. The first-order valence-electron chi connectivity index (χ1n) is 4.50. The molecule has 2 heterocycles. The molecule has 2 rings (SSSR count). The summed E-state index contributed by atoms with van der Waals surface area (Å²) in [5, 5.41) is 0. The number of fused-ring (bicyclic) bond motifs is 2. The lowest BCUT2D eigenvalue weighted by molar-refractivity contribution is 0.442. The van der Waals surface area contributed by atoms with Crippen LogP contribution in [0.3, 0.4) is 0 Å². The highest BCUT2D eigenvalue weighted by atomic mass is 127. The van der Waals surface area contributed by atoms with Crippen molar-refractivity contribution in [2.24, 2.45) is 0 Å². The Hall–Kier alpha value is 0.960. The lowest BCUT2D eigenvalue weighted by atomic mass is 9.99. The Labute approximate surface area is 81.2 Å². The van der Waals surface area contributed by atoms with Crippen LogP contribution >= 0.6 is 26.8 Å². The fourth-order valence-corrected chi connectivity index (χ4v) is 8.55. The lowest BCUT2D eigenvalue weighted by Crippen LogP contribution is -2.26. The van der Waals surface area contributed by atoms with Crippen LogP contribution in [-0.4, -0.2) is 11.3 Å². The fraction of sp³-hybridized carbons (Fsp3) is 1.00. The molecule has 1 nitrogen and oxygen atoms in total. The summed E-state index contributed by atoms with van der Waals surface area (Å²) < 4.78 is 12.2. The predicted octanol–water partition coefficient (Wildman–Crippen LogP) is 3.80. The van der Waals surface area contributed by atoms with Gasteiger partial charge < -0.3 is 4.57 Å². The van der Waals surface area contributed by atoms with E-state index in [4.69, 9.17) is 0 Å². The molecular formula is C8H14IOP. The second-order valence-electron chi connectivity index (χ2n) is 3.79. The predicted molar refractivity (Wildman–Crippen MR) is 56.9 cm³/mol. The zero-order chi connectivity index (χ0) is 7.90. The van der Waals surface area contributed by atoms with Crippen molar-refractivity contribution in [3.8, 4) is 0 Å². The zero-order valence-electron chi connectivity index (χ0n) is 6.63. The van der Waals surface area contributed by atoms with Crippen molar-refractivity contribution in [3.05, 3.63) is 0 Å². The van der Waals surface area contributed by atoms with Crippen LogP contribution in [0.1, 0.15) is 38.5 Å². The molecule has 0 unspecified atom stereocenters. The molecule has 2 saturated heterocycles. The van der Waals surface area contributed by atoms with Crippen molar-refractivity contribution in [1.29, 1.82) is 0 Å². The van der Waals surface area contributed by atoms with E-state index in [0.29, 0.717) is 11.3 Å². The molecule has 64 valence electrons. The van der Waals surface area contributed by atoms with Crippen molar-refractivity contribution in [1.82, 2.24) is 0 Å². The monoisotopic (exact) mass is 284 g/mol. The molecule has 0 spiro atoms. The van der Waals surface area contributed by atoms with E-state index in [1.165, 1.54) is 38.5 Å². The first-order chi connectivity index (χ1) is 5.21. The molecule has 2 fully saturated rings. The summed E-state index contributed by atoms with van der Waals surface area (Å²) in [5.74, 6) is 0. The van der Waals surface area contributed by atoms with Crippen LogP contribution in [0.2, 0.25) is 0 Å². The van der Waals surface area contributed by atoms with Gasteiger partial charge in [0.25, 0.3) is 0 Å². The Bertz CT molecular complexity index is 178. The fourth-order valence-electron chi connectivity index (χ4n) is 2.47. The third kappa shape index (κ3) is 1.41. The van der Waals surface area contributed by atoms with E-state index in [2.05, 4.69) is 22.0 Å². The molecule has 2 bridgehead atoms. The molecule has 0 N–H and O–H groups in total. The zero-order valence-corrected chi connectivity index (χ0v) is 9.68. The van der Waals surface area contributed by atoms with E-state index in [1.54, 1.807) is 0 Å². The molecule has 0 aliphatic carbocycles. The van der Waals surface area contributed by atoms with Gasteiger partial charge in [-0.25, -0.2) is 0 Å². The number of rotatable bonds is 0. The van der Waals surface area contributed by atoms with E-state index in [1.807, 2.05) is 0 Å². The summed E-state index contributed by atoms with van der Waals surface area (Å²) in [7, 11) is 0. The molecule has 2 aliphatic heterocycles. The molecule has 2 aliphatic rings. The minimum atomic E-state index is -1.73. The SMILES string of the molecule is O=P1(I)C2CCCC1CCC2. The van der Waals surface area contributed by atoms with E-state index in [0.717, 1.165) is 0 Å². The summed E-state index contributed by atoms with van der Waals surface area (Å²) in [5.41, 5.74) is 1.21. The van der Waals surface area contributed by atoms with Gasteiger partial charge in [0.05, 0.1) is 0 Å². The van der Waals surface area contributed by atoms with Crippen molar-refractivity contribution in [3.63, 3.8) is 0 Å². The van der Waals surface area contributed by atoms with Gasteiger partial charge in [-0.05, 0) is 47.7 Å². The summed E-state index contributed by atoms with van der Waals surface area (Å²) >= 11 is 2.29. The van der Waals surface area contributed by atoms with Gasteiger partial charge in [-0.2, -0.15) is 0 Å². The first-order valence-corrected chi connectivity index (χ1v) is 9.13. The summed E-state index contributed by atoms with van der Waals surface area (Å²) in [4.78, 5) is -1.73. The van der Waals surface area contributed by atoms with Crippen molar-refractivity contribution < 1.29 is 4.57 Å². The molecule has 0 aromatic heterocycles. The van der Waals surface area contributed by atoms with Gasteiger partial charge in [-0.3, -0.25) is 0 Å². The van der Waals surface area contributed by atoms with Crippen molar-refractivity contribution in [2.45, 2.75) is 49.8 Å². The molecular weight excluding hydrogens is 270 g/mol. The third-order valence-electron chi connectivity index (χ3n) is 3.15. The highest BCUT2D eigenvalue weighted by molar-refractivity contribution is 14.2. The van der Waals surface area contributed by atoms with Gasteiger partial charge in [0.2, 0.25) is 0 Å². The molecule has 0 atom stereocenters. The van der Waals surface area contributed by atoms with Crippen molar-refractivity contribution in [2.75, 3.05) is 0 Å². The smallest absolute Gasteiger partial charge is 0.149 e. The summed E-state index contributed by atoms with van der Waals surface area (Å²) in [6.07, 6.45) is 7.66. The first kappa shape index (κ1) is 8.55. The molecule has 3 heteroatoms. The summed E-state index contributed by atoms with van der Waals surface area (Å²) in [6, 6.07) is 0. The molecule has 0 aromatic rings. The van der Waals surface area contributed by atoms with Gasteiger partial charge in [0, 0.05) is 11.3 Å². The molecule has 0 saturated carbocycles. The average molecular weight is 284 g/mol. The van der Waals surface area contributed by atoms with E-state index >= 15 is 0 Å². The largest absolute Gasteiger partial charge is 0.312 e. The number of hydrogen-bond acceptors (Lipinski definition) is 1. The van der Waals surface area contributed by atoms with Crippen LogP contribution < -0.4 is 0 Å². The van der Waals surface area contributed by atoms with Gasteiger partial charge >= 0.3 is 0 Å². The van der Waals surface area contributed by atoms with Crippen molar-refractivity contribution >= 4 is 26.8 Å². The maximum Gasteiger partial charge on any atom is 0.149 e. The maximum atomic E-state index is 12.2. The van der Waals surface area contributed by atoms with Crippen LogP contribution in [0.25, 0.3) is 0 Å². The Morgan fingerprint density at radius 1 is 1.00 bits per heavy atom. The highest BCUT2D eigenvalue weighted by Crippen LogP contribution is 2.71. The van der Waals surface area contributed by atoms with Crippen LogP contribution in [0, 0.1) is 0 Å².